The van der Waals surface area contributed by atoms with Crippen LogP contribution in [0, 0.1) is 17.2 Å². The van der Waals surface area contributed by atoms with E-state index in [0.29, 0.717) is 44.6 Å². The Balaban J connectivity index is 2.12. The van der Waals surface area contributed by atoms with Gasteiger partial charge in [0.15, 0.2) is 0 Å². The molecule has 0 radical (unpaired) electrons. The summed E-state index contributed by atoms with van der Waals surface area (Å²) >= 11 is 0. The summed E-state index contributed by atoms with van der Waals surface area (Å²) in [6.07, 6.45) is 1.38. The van der Waals surface area contributed by atoms with E-state index in [9.17, 15) is 13.2 Å². The van der Waals surface area contributed by atoms with Crippen LogP contribution in [0.4, 0.5) is 0 Å². The maximum absolute atomic E-state index is 12.5. The maximum atomic E-state index is 12.5. The lowest BCUT2D eigenvalue weighted by Gasteiger charge is -2.29. The van der Waals surface area contributed by atoms with E-state index in [1.165, 1.54) is 16.4 Å². The summed E-state index contributed by atoms with van der Waals surface area (Å²) in [6, 6.07) is 8.35. The van der Waals surface area contributed by atoms with E-state index >= 15 is 0 Å². The molecule has 2 rings (SSSR count). The zero-order valence-electron chi connectivity index (χ0n) is 14.1. The molecule has 0 atom stereocenters. The van der Waals surface area contributed by atoms with Crippen LogP contribution in [0.1, 0.15) is 37.0 Å². The molecule has 130 valence electrons. The zero-order valence-corrected chi connectivity index (χ0v) is 14.9. The Morgan fingerprint density at radius 1 is 1.21 bits per heavy atom. The summed E-state index contributed by atoms with van der Waals surface area (Å²) in [4.78, 5) is 14.4. The molecule has 0 saturated carbocycles. The third-order valence-electron chi connectivity index (χ3n) is 4.41. The minimum Gasteiger partial charge on any atom is -0.339 e. The number of piperidine rings is 1. The van der Waals surface area contributed by atoms with E-state index in [0.717, 1.165) is 0 Å². The summed E-state index contributed by atoms with van der Waals surface area (Å²) in [6.45, 7) is 5.54. The van der Waals surface area contributed by atoms with Gasteiger partial charge >= 0.3 is 0 Å². The Labute approximate surface area is 143 Å². The molecule has 1 aromatic carbocycles. The highest BCUT2D eigenvalue weighted by molar-refractivity contribution is 7.89. The number of nitriles is 1. The number of hydrogen-bond acceptors (Lipinski definition) is 4. The van der Waals surface area contributed by atoms with Gasteiger partial charge in [0, 0.05) is 37.7 Å². The molecular weight excluding hydrogens is 326 g/mol. The van der Waals surface area contributed by atoms with Crippen LogP contribution in [0.25, 0.3) is 0 Å². The SMILES string of the molecule is CCN(CC)S(=O)(=O)c1ccc(C(=O)N2CCC(C#N)CC2)cc1. The smallest absolute Gasteiger partial charge is 0.253 e. The van der Waals surface area contributed by atoms with Gasteiger partial charge in [-0.05, 0) is 37.1 Å². The first-order valence-corrected chi connectivity index (χ1v) is 9.67. The number of amides is 1. The number of sulfonamides is 1. The Bertz CT molecular complexity index is 710. The fourth-order valence-corrected chi connectivity index (χ4v) is 4.33. The van der Waals surface area contributed by atoms with Gasteiger partial charge in [0.2, 0.25) is 10.0 Å². The second-order valence-corrected chi connectivity index (χ2v) is 7.75. The van der Waals surface area contributed by atoms with Gasteiger partial charge in [-0.25, -0.2) is 8.42 Å². The van der Waals surface area contributed by atoms with Gasteiger partial charge in [0.25, 0.3) is 5.91 Å². The van der Waals surface area contributed by atoms with Crippen molar-refractivity contribution in [1.29, 1.82) is 5.26 Å². The largest absolute Gasteiger partial charge is 0.339 e. The number of benzene rings is 1. The lowest BCUT2D eigenvalue weighted by Crippen LogP contribution is -2.38. The molecule has 1 heterocycles. The summed E-state index contributed by atoms with van der Waals surface area (Å²) in [7, 11) is -3.51. The average Bonchev–Trinajstić information content (AvgIpc) is 2.62. The third kappa shape index (κ3) is 3.77. The normalized spacial score (nSPS) is 16.2. The van der Waals surface area contributed by atoms with Crippen LogP contribution >= 0.6 is 0 Å². The molecule has 0 aromatic heterocycles. The summed E-state index contributed by atoms with van der Waals surface area (Å²) in [5.74, 6) is -0.0891. The van der Waals surface area contributed by atoms with Gasteiger partial charge in [-0.15, -0.1) is 0 Å². The quantitative estimate of drug-likeness (QED) is 0.815. The fraction of sp³-hybridized carbons (Fsp3) is 0.529. The first kappa shape index (κ1) is 18.4. The Hall–Kier alpha value is -1.91. The van der Waals surface area contributed by atoms with Crippen LogP contribution < -0.4 is 0 Å². The zero-order chi connectivity index (χ0) is 17.7. The van der Waals surface area contributed by atoms with Gasteiger partial charge < -0.3 is 4.90 Å². The molecule has 0 aliphatic carbocycles. The van der Waals surface area contributed by atoms with Crippen LogP contribution in [-0.2, 0) is 10.0 Å². The van der Waals surface area contributed by atoms with Gasteiger partial charge in [-0.2, -0.15) is 9.57 Å². The molecule has 0 unspecified atom stereocenters. The highest BCUT2D eigenvalue weighted by atomic mass is 32.2. The van der Waals surface area contributed by atoms with Gasteiger partial charge in [0.05, 0.1) is 11.0 Å². The van der Waals surface area contributed by atoms with Gasteiger partial charge in [-0.1, -0.05) is 13.8 Å². The number of carbonyl (C=O) groups excluding carboxylic acids is 1. The molecule has 1 amide bonds. The summed E-state index contributed by atoms with van der Waals surface area (Å²) < 4.78 is 26.3. The minimum absolute atomic E-state index is 0.0237. The average molecular weight is 349 g/mol. The second kappa shape index (κ2) is 7.77. The Kier molecular flexibility index (Phi) is 5.97. The highest BCUT2D eigenvalue weighted by Crippen LogP contribution is 2.20. The van der Waals surface area contributed by atoms with E-state index in [1.54, 1.807) is 30.9 Å². The van der Waals surface area contributed by atoms with Gasteiger partial charge in [-0.3, -0.25) is 4.79 Å². The minimum atomic E-state index is -3.51. The predicted octanol–water partition coefficient (Wildman–Crippen LogP) is 2.09. The Morgan fingerprint density at radius 2 is 1.75 bits per heavy atom. The number of nitrogens with zero attached hydrogens (tertiary/aromatic N) is 3. The van der Waals surface area contributed by atoms with Crippen molar-refractivity contribution in [3.05, 3.63) is 29.8 Å². The molecular formula is C17H23N3O3S. The first-order chi connectivity index (χ1) is 11.4. The topological polar surface area (TPSA) is 81.5 Å². The monoisotopic (exact) mass is 349 g/mol. The molecule has 0 bridgehead atoms. The number of rotatable bonds is 5. The van der Waals surface area contributed by atoms with Crippen LogP contribution in [0.15, 0.2) is 29.2 Å². The molecule has 0 N–H and O–H groups in total. The van der Waals surface area contributed by atoms with Crippen molar-refractivity contribution < 1.29 is 13.2 Å². The number of carbonyl (C=O) groups is 1. The summed E-state index contributed by atoms with van der Waals surface area (Å²) in [5.41, 5.74) is 0.476. The third-order valence-corrected chi connectivity index (χ3v) is 6.47. The molecule has 24 heavy (non-hydrogen) atoms. The predicted molar refractivity (Wildman–Crippen MR) is 90.8 cm³/mol. The van der Waals surface area contributed by atoms with Crippen molar-refractivity contribution in [2.45, 2.75) is 31.6 Å². The fourth-order valence-electron chi connectivity index (χ4n) is 2.88. The van der Waals surface area contributed by atoms with E-state index in [2.05, 4.69) is 6.07 Å². The summed E-state index contributed by atoms with van der Waals surface area (Å²) in [5, 5.41) is 8.91. The van der Waals surface area contributed by atoms with Crippen molar-refractivity contribution in [2.75, 3.05) is 26.2 Å². The second-order valence-electron chi connectivity index (χ2n) is 5.81. The lowest BCUT2D eigenvalue weighted by molar-refractivity contribution is 0.0707. The van der Waals surface area contributed by atoms with Crippen molar-refractivity contribution in [3.63, 3.8) is 0 Å². The molecule has 1 aliphatic rings. The Morgan fingerprint density at radius 3 is 2.21 bits per heavy atom. The highest BCUT2D eigenvalue weighted by Gasteiger charge is 2.25. The van der Waals surface area contributed by atoms with Gasteiger partial charge in [0.1, 0.15) is 0 Å². The molecule has 1 aliphatic heterocycles. The van der Waals surface area contributed by atoms with Crippen molar-refractivity contribution >= 4 is 15.9 Å². The maximum Gasteiger partial charge on any atom is 0.253 e. The van der Waals surface area contributed by atoms with E-state index in [4.69, 9.17) is 5.26 Å². The van der Waals surface area contributed by atoms with Crippen LogP contribution in [0.5, 0.6) is 0 Å². The van der Waals surface area contributed by atoms with E-state index < -0.39 is 10.0 Å². The standard InChI is InChI=1S/C17H23N3O3S/c1-3-20(4-2)24(22,23)16-7-5-15(6-8-16)17(21)19-11-9-14(13-18)10-12-19/h5-8,14H,3-4,9-12H2,1-2H3. The van der Waals surface area contributed by atoms with E-state index in [-0.39, 0.29) is 16.7 Å². The number of likely N-dealkylation sites (tertiary alicyclic amines) is 1. The lowest BCUT2D eigenvalue weighted by atomic mass is 9.98. The molecule has 6 nitrogen and oxygen atoms in total. The van der Waals surface area contributed by atoms with Crippen molar-refractivity contribution in [3.8, 4) is 6.07 Å². The van der Waals surface area contributed by atoms with Crippen LogP contribution in [0.2, 0.25) is 0 Å². The molecule has 0 spiro atoms. The van der Waals surface area contributed by atoms with E-state index in [1.807, 2.05) is 0 Å². The van der Waals surface area contributed by atoms with Crippen molar-refractivity contribution in [1.82, 2.24) is 9.21 Å². The molecule has 1 fully saturated rings. The molecule has 1 aromatic rings. The van der Waals surface area contributed by atoms with Crippen molar-refractivity contribution in [2.24, 2.45) is 5.92 Å². The number of hydrogen-bond donors (Lipinski definition) is 0. The first-order valence-electron chi connectivity index (χ1n) is 8.23. The van der Waals surface area contributed by atoms with Crippen LogP contribution in [0.3, 0.4) is 0 Å². The molecule has 1 saturated heterocycles. The van der Waals surface area contributed by atoms with Crippen LogP contribution in [-0.4, -0.2) is 49.7 Å². The molecule has 7 heteroatoms.